The van der Waals surface area contributed by atoms with E-state index >= 15 is 0 Å². The van der Waals surface area contributed by atoms with Gasteiger partial charge in [0.2, 0.25) is 0 Å². The van der Waals surface area contributed by atoms with E-state index in [1.54, 1.807) is 6.20 Å². The summed E-state index contributed by atoms with van der Waals surface area (Å²) in [5.74, 6) is 0. The molecule has 68 valence electrons. The van der Waals surface area contributed by atoms with Crippen LogP contribution in [0.5, 0.6) is 0 Å². The first-order valence-electron chi connectivity index (χ1n) is 3.88. The van der Waals surface area contributed by atoms with Crippen LogP contribution < -0.4 is 5.32 Å². The Morgan fingerprint density at radius 2 is 2.50 bits per heavy atom. The highest BCUT2D eigenvalue weighted by Gasteiger charge is 2.21. The average Bonchev–Trinajstić information content (AvgIpc) is 2.03. The number of rotatable bonds is 4. The third-order valence-electron chi connectivity index (χ3n) is 1.86. The highest BCUT2D eigenvalue weighted by Crippen LogP contribution is 2.03. The van der Waals surface area contributed by atoms with Crippen molar-refractivity contribution in [3.05, 3.63) is 11.9 Å². The molecule has 0 aliphatic carbocycles. The van der Waals surface area contributed by atoms with Crippen molar-refractivity contribution in [2.75, 3.05) is 26.7 Å². The predicted molar refractivity (Wildman–Crippen MR) is 44.7 cm³/mol. The Labute approximate surface area is 71.6 Å². The van der Waals surface area contributed by atoms with Gasteiger partial charge in [0.15, 0.2) is 0 Å². The number of nitrogens with one attached hydrogen (secondary N) is 2. The Hall–Kier alpha value is -0.940. The normalized spacial score (nSPS) is 20.3. The van der Waals surface area contributed by atoms with Gasteiger partial charge in [0.1, 0.15) is 5.70 Å². The lowest BCUT2D eigenvalue weighted by atomic mass is 10.1. The molecule has 3 N–H and O–H groups in total. The molecule has 0 unspecified atom stereocenters. The standard InChI is InChI=1S/C7H14N4O/c1-11-3-7(4-11)9-2-6(5-12)10-8/h2,7-9,12H,3-5H2,1H3/b6-2-,10-8?. The molecule has 1 aliphatic rings. The lowest BCUT2D eigenvalue weighted by Crippen LogP contribution is -2.54. The van der Waals surface area contributed by atoms with E-state index in [0.717, 1.165) is 13.1 Å². The maximum atomic E-state index is 8.65. The fourth-order valence-electron chi connectivity index (χ4n) is 1.13. The van der Waals surface area contributed by atoms with Crippen LogP contribution in [-0.4, -0.2) is 42.8 Å². The molecule has 0 aromatic carbocycles. The average molecular weight is 170 g/mol. The van der Waals surface area contributed by atoms with Crippen molar-refractivity contribution in [3.63, 3.8) is 0 Å². The third kappa shape index (κ3) is 2.28. The fraction of sp³-hybridized carbons (Fsp3) is 0.714. The molecule has 5 heteroatoms. The SMILES string of the molecule is CN1CC(N/C=C(/CO)N=N)C1. The Kier molecular flexibility index (Phi) is 3.19. The van der Waals surface area contributed by atoms with Gasteiger partial charge in [0, 0.05) is 19.3 Å². The predicted octanol–water partition coefficient (Wildman–Crippen LogP) is -0.245. The third-order valence-corrected chi connectivity index (χ3v) is 1.86. The lowest BCUT2D eigenvalue weighted by molar-refractivity contribution is 0.173. The molecule has 1 heterocycles. The summed E-state index contributed by atoms with van der Waals surface area (Å²) in [7, 11) is 2.05. The van der Waals surface area contributed by atoms with Crippen molar-refractivity contribution < 1.29 is 5.11 Å². The van der Waals surface area contributed by atoms with Crippen LogP contribution in [0.25, 0.3) is 0 Å². The molecule has 0 aromatic heterocycles. The second-order valence-electron chi connectivity index (χ2n) is 2.99. The molecule has 0 atom stereocenters. The molecule has 1 saturated heterocycles. The minimum absolute atomic E-state index is 0.181. The summed E-state index contributed by atoms with van der Waals surface area (Å²) in [5, 5.41) is 14.9. The Balaban J connectivity index is 2.23. The van der Waals surface area contributed by atoms with Gasteiger partial charge in [-0.3, -0.25) is 0 Å². The molecule has 0 aromatic rings. The van der Waals surface area contributed by atoms with E-state index in [0.29, 0.717) is 11.7 Å². The van der Waals surface area contributed by atoms with Crippen LogP contribution in [0, 0.1) is 5.53 Å². The van der Waals surface area contributed by atoms with Crippen LogP contribution >= 0.6 is 0 Å². The highest BCUT2D eigenvalue weighted by atomic mass is 16.3. The minimum Gasteiger partial charge on any atom is -0.390 e. The van der Waals surface area contributed by atoms with Crippen LogP contribution in [-0.2, 0) is 0 Å². The van der Waals surface area contributed by atoms with Crippen LogP contribution in [0.15, 0.2) is 17.0 Å². The second-order valence-corrected chi connectivity index (χ2v) is 2.99. The van der Waals surface area contributed by atoms with Gasteiger partial charge < -0.3 is 15.3 Å². The Morgan fingerprint density at radius 1 is 1.83 bits per heavy atom. The monoisotopic (exact) mass is 170 g/mol. The fourth-order valence-corrected chi connectivity index (χ4v) is 1.13. The van der Waals surface area contributed by atoms with Crippen LogP contribution in [0.1, 0.15) is 0 Å². The number of likely N-dealkylation sites (tertiary alicyclic amines) is 1. The molecule has 0 saturated carbocycles. The quantitative estimate of drug-likeness (QED) is 0.510. The molecule has 0 radical (unpaired) electrons. The highest BCUT2D eigenvalue weighted by molar-refractivity contribution is 4.99. The summed E-state index contributed by atoms with van der Waals surface area (Å²) in [4.78, 5) is 2.18. The zero-order valence-corrected chi connectivity index (χ0v) is 7.12. The van der Waals surface area contributed by atoms with E-state index in [1.165, 1.54) is 0 Å². The Morgan fingerprint density at radius 3 is 2.92 bits per heavy atom. The number of aliphatic hydroxyl groups excluding tert-OH is 1. The number of aliphatic hydroxyl groups is 1. The van der Waals surface area contributed by atoms with Crippen LogP contribution in [0.2, 0.25) is 0 Å². The van der Waals surface area contributed by atoms with E-state index in [1.807, 2.05) is 7.05 Å². The van der Waals surface area contributed by atoms with Crippen LogP contribution in [0.3, 0.4) is 0 Å². The molecule has 0 spiro atoms. The van der Waals surface area contributed by atoms with Crippen molar-refractivity contribution in [3.8, 4) is 0 Å². The molecule has 1 rings (SSSR count). The van der Waals surface area contributed by atoms with Gasteiger partial charge in [-0.1, -0.05) is 0 Å². The molecular formula is C7H14N4O. The molecular weight excluding hydrogens is 156 g/mol. The zero-order chi connectivity index (χ0) is 8.97. The van der Waals surface area contributed by atoms with E-state index < -0.39 is 0 Å². The summed E-state index contributed by atoms with van der Waals surface area (Å²) in [6, 6.07) is 0.443. The molecule has 5 nitrogen and oxygen atoms in total. The first-order valence-corrected chi connectivity index (χ1v) is 3.88. The molecule has 1 aliphatic heterocycles. The van der Waals surface area contributed by atoms with Gasteiger partial charge in [0.25, 0.3) is 0 Å². The van der Waals surface area contributed by atoms with Gasteiger partial charge in [-0.2, -0.15) is 5.11 Å². The summed E-state index contributed by atoms with van der Waals surface area (Å²) >= 11 is 0. The van der Waals surface area contributed by atoms with Crippen molar-refractivity contribution in [1.82, 2.24) is 10.2 Å². The summed E-state index contributed by atoms with van der Waals surface area (Å²) < 4.78 is 0. The Bertz CT molecular complexity index is 186. The van der Waals surface area contributed by atoms with Gasteiger partial charge in [-0.05, 0) is 7.05 Å². The van der Waals surface area contributed by atoms with Crippen molar-refractivity contribution >= 4 is 0 Å². The maximum absolute atomic E-state index is 8.65. The number of likely N-dealkylation sites (N-methyl/N-ethyl adjacent to an activating group) is 1. The first kappa shape index (κ1) is 9.15. The number of hydrogen-bond donors (Lipinski definition) is 3. The molecule has 0 amide bonds. The van der Waals surface area contributed by atoms with E-state index in [2.05, 4.69) is 15.3 Å². The number of nitrogens with zero attached hydrogens (tertiary/aromatic N) is 2. The molecule has 1 fully saturated rings. The van der Waals surface area contributed by atoms with Gasteiger partial charge in [0.05, 0.1) is 12.6 Å². The van der Waals surface area contributed by atoms with Crippen molar-refractivity contribution in [2.24, 2.45) is 5.11 Å². The first-order chi connectivity index (χ1) is 5.76. The molecule has 12 heavy (non-hydrogen) atoms. The summed E-state index contributed by atoms with van der Waals surface area (Å²) in [6.07, 6.45) is 1.60. The van der Waals surface area contributed by atoms with Crippen molar-refractivity contribution in [2.45, 2.75) is 6.04 Å². The summed E-state index contributed by atoms with van der Waals surface area (Å²) in [5.41, 5.74) is 7.03. The van der Waals surface area contributed by atoms with E-state index in [4.69, 9.17) is 10.6 Å². The second kappa shape index (κ2) is 4.18. The zero-order valence-electron chi connectivity index (χ0n) is 7.12. The smallest absolute Gasteiger partial charge is 0.103 e. The summed E-state index contributed by atoms with van der Waals surface area (Å²) in [6.45, 7) is 1.83. The van der Waals surface area contributed by atoms with Gasteiger partial charge in [-0.25, -0.2) is 5.53 Å². The van der Waals surface area contributed by atoms with E-state index in [-0.39, 0.29) is 6.61 Å². The van der Waals surface area contributed by atoms with Crippen LogP contribution in [0.4, 0.5) is 0 Å². The number of hydrogen-bond acceptors (Lipinski definition) is 5. The largest absolute Gasteiger partial charge is 0.390 e. The maximum Gasteiger partial charge on any atom is 0.103 e. The van der Waals surface area contributed by atoms with Gasteiger partial charge >= 0.3 is 0 Å². The van der Waals surface area contributed by atoms with E-state index in [9.17, 15) is 0 Å². The van der Waals surface area contributed by atoms with Gasteiger partial charge in [-0.15, -0.1) is 0 Å². The topological polar surface area (TPSA) is 71.7 Å². The lowest BCUT2D eigenvalue weighted by Gasteiger charge is -2.36. The minimum atomic E-state index is -0.181. The van der Waals surface area contributed by atoms with Crippen molar-refractivity contribution in [1.29, 1.82) is 5.53 Å². The molecule has 0 bridgehead atoms.